The van der Waals surface area contributed by atoms with E-state index >= 15 is 0 Å². The number of carboxylic acid groups (broad SMARTS) is 1. The van der Waals surface area contributed by atoms with Crippen LogP contribution >= 0.6 is 0 Å². The van der Waals surface area contributed by atoms with Gasteiger partial charge < -0.3 is 14.6 Å². The zero-order valence-electron chi connectivity index (χ0n) is 20.0. The molecule has 0 bridgehead atoms. The first-order valence-electron chi connectivity index (χ1n) is 11.9. The summed E-state index contributed by atoms with van der Waals surface area (Å²) in [5, 5.41) is 13.3. The first-order chi connectivity index (χ1) is 17.3. The quantitative estimate of drug-likeness (QED) is 0.380. The number of nitrogens with zero attached hydrogens (tertiary/aromatic N) is 2. The van der Waals surface area contributed by atoms with Crippen LogP contribution in [-0.2, 0) is 22.3 Å². The Bertz CT molecular complexity index is 1170. The lowest BCUT2D eigenvalue weighted by atomic mass is 9.82. The monoisotopic (exact) mass is 502 g/mol. The van der Waals surface area contributed by atoms with Crippen molar-refractivity contribution in [1.82, 2.24) is 9.78 Å². The topological polar surface area (TPSA) is 73.6 Å². The molecule has 1 saturated carbocycles. The normalized spacial score (nSPS) is 18.2. The van der Waals surface area contributed by atoms with Crippen LogP contribution in [-0.4, -0.2) is 41.2 Å². The Labute approximate surface area is 207 Å². The smallest absolute Gasteiger partial charge is 0.433 e. The van der Waals surface area contributed by atoms with Crippen LogP contribution in [0.4, 0.5) is 13.2 Å². The van der Waals surface area contributed by atoms with Gasteiger partial charge in [0.2, 0.25) is 0 Å². The van der Waals surface area contributed by atoms with Crippen LogP contribution in [0.15, 0.2) is 54.6 Å². The molecule has 1 fully saturated rings. The highest BCUT2D eigenvalue weighted by Gasteiger charge is 2.41. The fraction of sp³-hybridized carbons (Fsp3) is 0.407. The highest BCUT2D eigenvalue weighted by Crippen LogP contribution is 2.44. The number of aromatic nitrogens is 2. The average molecular weight is 503 g/mol. The number of hydrogen-bond donors (Lipinski definition) is 1. The Kier molecular flexibility index (Phi) is 7.98. The Hall–Kier alpha value is -3.33. The number of methoxy groups -OCH3 is 1. The lowest BCUT2D eigenvalue weighted by molar-refractivity contribution is -0.144. The number of carboxylic acids is 1. The van der Waals surface area contributed by atoms with Gasteiger partial charge in [0.1, 0.15) is 18.1 Å². The van der Waals surface area contributed by atoms with Gasteiger partial charge in [-0.25, -0.2) is 4.79 Å². The van der Waals surface area contributed by atoms with Crippen LogP contribution in [0.5, 0.6) is 5.75 Å². The zero-order valence-corrected chi connectivity index (χ0v) is 20.0. The summed E-state index contributed by atoms with van der Waals surface area (Å²) in [6.07, 6.45) is -1.59. The predicted molar refractivity (Wildman–Crippen MR) is 129 cm³/mol. The van der Waals surface area contributed by atoms with Crippen molar-refractivity contribution < 1.29 is 32.5 Å². The molecule has 9 heteroatoms. The maximum absolute atomic E-state index is 14.6. The fourth-order valence-electron chi connectivity index (χ4n) is 4.87. The van der Waals surface area contributed by atoms with Crippen molar-refractivity contribution in [3.63, 3.8) is 0 Å². The molecular weight excluding hydrogens is 473 g/mol. The third-order valence-corrected chi connectivity index (χ3v) is 6.60. The van der Waals surface area contributed by atoms with Gasteiger partial charge in [-0.15, -0.1) is 0 Å². The standard InChI is InChI=1S/C27H29F3N2O4/c1-35-22-9-5-8-21(14-22)24-25(20-6-3-2-4-7-20)31-32(26(24)27(28,29)30)15-18-10-12-19(13-11-18)16-36-17-23(33)34/h2-9,14,18-19H,10-13,15-17H2,1H3,(H,33,34)/t18-,19-. The van der Waals surface area contributed by atoms with E-state index in [1.54, 1.807) is 48.5 Å². The largest absolute Gasteiger partial charge is 0.497 e. The lowest BCUT2D eigenvalue weighted by Gasteiger charge is -2.28. The SMILES string of the molecule is COc1cccc(-c2c(-c3ccccc3)nn(C[C@H]3CC[C@H](COCC(=O)O)CC3)c2C(F)(F)F)c1. The van der Waals surface area contributed by atoms with Crippen molar-refractivity contribution in [3.05, 3.63) is 60.3 Å². The molecular formula is C27H29F3N2O4. The number of hydrogen-bond acceptors (Lipinski definition) is 4. The molecule has 4 rings (SSSR count). The first kappa shape index (κ1) is 25.8. The highest BCUT2D eigenvalue weighted by molar-refractivity contribution is 5.83. The number of benzene rings is 2. The van der Waals surface area contributed by atoms with Gasteiger partial charge in [-0.05, 0) is 55.2 Å². The number of ether oxygens (including phenoxy) is 2. The minimum atomic E-state index is -4.61. The van der Waals surface area contributed by atoms with Crippen molar-refractivity contribution in [3.8, 4) is 28.1 Å². The van der Waals surface area contributed by atoms with Crippen molar-refractivity contribution in [2.24, 2.45) is 11.8 Å². The molecule has 1 heterocycles. The maximum atomic E-state index is 14.6. The van der Waals surface area contributed by atoms with E-state index in [-0.39, 0.29) is 36.2 Å². The van der Waals surface area contributed by atoms with Gasteiger partial charge in [-0.3, -0.25) is 4.68 Å². The maximum Gasteiger partial charge on any atom is 0.433 e. The average Bonchev–Trinajstić information content (AvgIpc) is 3.25. The number of carbonyl (C=O) groups is 1. The molecule has 1 aliphatic rings. The molecule has 6 nitrogen and oxygen atoms in total. The lowest BCUT2D eigenvalue weighted by Crippen LogP contribution is -2.25. The second-order valence-electron chi connectivity index (χ2n) is 9.15. The van der Waals surface area contributed by atoms with E-state index in [1.165, 1.54) is 7.11 Å². The summed E-state index contributed by atoms with van der Waals surface area (Å²) < 4.78 is 55.3. The molecule has 0 amide bonds. The molecule has 2 aromatic carbocycles. The molecule has 0 saturated heterocycles. The minimum absolute atomic E-state index is 0.0310. The molecule has 36 heavy (non-hydrogen) atoms. The minimum Gasteiger partial charge on any atom is -0.497 e. The third kappa shape index (κ3) is 6.07. The Morgan fingerprint density at radius 2 is 1.69 bits per heavy atom. The molecule has 1 N–H and O–H groups in total. The molecule has 1 aliphatic carbocycles. The van der Waals surface area contributed by atoms with Crippen molar-refractivity contribution >= 4 is 5.97 Å². The molecule has 3 aromatic rings. The van der Waals surface area contributed by atoms with E-state index in [9.17, 15) is 18.0 Å². The van der Waals surface area contributed by atoms with E-state index in [0.717, 1.165) is 30.4 Å². The second kappa shape index (κ2) is 11.2. The molecule has 0 radical (unpaired) electrons. The number of halogens is 3. The number of alkyl halides is 3. The van der Waals surface area contributed by atoms with Crippen LogP contribution in [0.2, 0.25) is 0 Å². The zero-order chi connectivity index (χ0) is 25.7. The molecule has 0 unspecified atom stereocenters. The molecule has 1 aromatic heterocycles. The van der Waals surface area contributed by atoms with E-state index in [1.807, 2.05) is 6.07 Å². The van der Waals surface area contributed by atoms with E-state index in [0.29, 0.717) is 23.5 Å². The van der Waals surface area contributed by atoms with E-state index in [4.69, 9.17) is 14.6 Å². The van der Waals surface area contributed by atoms with Gasteiger partial charge in [-0.2, -0.15) is 18.3 Å². The number of rotatable bonds is 9. The number of aliphatic carboxylic acids is 1. The summed E-state index contributed by atoms with van der Waals surface area (Å²) in [5.74, 6) is -0.296. The van der Waals surface area contributed by atoms with Crippen LogP contribution in [0.25, 0.3) is 22.4 Å². The van der Waals surface area contributed by atoms with Gasteiger partial charge in [0.25, 0.3) is 0 Å². The van der Waals surface area contributed by atoms with Gasteiger partial charge >= 0.3 is 12.1 Å². The van der Waals surface area contributed by atoms with Gasteiger partial charge in [0.05, 0.1) is 13.7 Å². The summed E-state index contributed by atoms with van der Waals surface area (Å²) in [6.45, 7) is 0.172. The Morgan fingerprint density at radius 3 is 2.33 bits per heavy atom. The Balaban J connectivity index is 1.66. The van der Waals surface area contributed by atoms with Crippen LogP contribution in [0.3, 0.4) is 0 Å². The summed E-state index contributed by atoms with van der Waals surface area (Å²) in [5.41, 5.74) is 0.571. The Morgan fingerprint density at radius 1 is 1.03 bits per heavy atom. The summed E-state index contributed by atoms with van der Waals surface area (Å²) in [6, 6.07) is 15.5. The molecule has 192 valence electrons. The molecule has 0 atom stereocenters. The highest BCUT2D eigenvalue weighted by atomic mass is 19.4. The van der Waals surface area contributed by atoms with Gasteiger partial charge in [-0.1, -0.05) is 42.5 Å². The van der Waals surface area contributed by atoms with Crippen molar-refractivity contribution in [2.75, 3.05) is 20.3 Å². The van der Waals surface area contributed by atoms with Crippen LogP contribution in [0.1, 0.15) is 31.4 Å². The first-order valence-corrected chi connectivity index (χ1v) is 11.9. The van der Waals surface area contributed by atoms with Gasteiger partial charge in [0.15, 0.2) is 5.69 Å². The molecule has 0 aliphatic heterocycles. The van der Waals surface area contributed by atoms with E-state index < -0.39 is 17.8 Å². The summed E-state index contributed by atoms with van der Waals surface area (Å²) >= 11 is 0. The van der Waals surface area contributed by atoms with Crippen LogP contribution in [0, 0.1) is 11.8 Å². The van der Waals surface area contributed by atoms with Crippen molar-refractivity contribution in [1.29, 1.82) is 0 Å². The third-order valence-electron chi connectivity index (χ3n) is 6.60. The summed E-state index contributed by atoms with van der Waals surface area (Å²) in [7, 11) is 1.48. The van der Waals surface area contributed by atoms with E-state index in [2.05, 4.69) is 5.10 Å². The fourth-order valence-corrected chi connectivity index (χ4v) is 4.87. The van der Waals surface area contributed by atoms with Gasteiger partial charge in [0, 0.05) is 17.7 Å². The predicted octanol–water partition coefficient (Wildman–Crippen LogP) is 6.15. The molecule has 0 spiro atoms. The van der Waals surface area contributed by atoms with Crippen LogP contribution < -0.4 is 4.74 Å². The summed E-state index contributed by atoms with van der Waals surface area (Å²) in [4.78, 5) is 10.6. The second-order valence-corrected chi connectivity index (χ2v) is 9.15. The van der Waals surface area contributed by atoms with Crippen molar-refractivity contribution in [2.45, 2.75) is 38.4 Å².